The molecule has 4 rings (SSSR count). The fourth-order valence-corrected chi connectivity index (χ4v) is 3.48. The van der Waals surface area contributed by atoms with E-state index in [4.69, 9.17) is 4.74 Å². The van der Waals surface area contributed by atoms with Gasteiger partial charge < -0.3 is 4.74 Å². The summed E-state index contributed by atoms with van der Waals surface area (Å²) in [5.74, 6) is 1.00. The van der Waals surface area contributed by atoms with Crippen LogP contribution in [0, 0.1) is 0 Å². The molecule has 2 aromatic carbocycles. The van der Waals surface area contributed by atoms with Crippen LogP contribution in [0.25, 0.3) is 10.9 Å². The number of hydrogen-bond acceptors (Lipinski definition) is 5. The molecule has 0 spiro atoms. The molecule has 4 aromatic rings. The van der Waals surface area contributed by atoms with Crippen LogP contribution in [0.2, 0.25) is 0 Å². The maximum Gasteiger partial charge on any atom is 0.226 e. The minimum atomic E-state index is -1.55. The van der Waals surface area contributed by atoms with Crippen LogP contribution in [0.5, 0.6) is 11.6 Å². The predicted molar refractivity (Wildman–Crippen MR) is 95.0 cm³/mol. The van der Waals surface area contributed by atoms with E-state index in [1.54, 1.807) is 18.3 Å². The van der Waals surface area contributed by atoms with E-state index in [0.29, 0.717) is 22.0 Å². The molecule has 25 heavy (non-hydrogen) atoms. The average Bonchev–Trinajstić information content (AvgIpc) is 2.68. The molecular formula is C19H13N3O2S. The molecule has 1 unspecified atom stereocenters. The van der Waals surface area contributed by atoms with Gasteiger partial charge in [0.25, 0.3) is 0 Å². The van der Waals surface area contributed by atoms with Crippen molar-refractivity contribution in [2.75, 3.05) is 0 Å². The van der Waals surface area contributed by atoms with Crippen molar-refractivity contribution in [3.63, 3.8) is 0 Å². The summed E-state index contributed by atoms with van der Waals surface area (Å²) in [7, 11) is -1.55. The number of pyridine rings is 1. The van der Waals surface area contributed by atoms with Gasteiger partial charge in [-0.15, -0.1) is 0 Å². The summed E-state index contributed by atoms with van der Waals surface area (Å²) in [6.07, 6.45) is 3.22. The van der Waals surface area contributed by atoms with Crippen molar-refractivity contribution in [2.45, 2.75) is 10.1 Å². The van der Waals surface area contributed by atoms with E-state index < -0.39 is 10.8 Å². The van der Waals surface area contributed by atoms with Gasteiger partial charge >= 0.3 is 0 Å². The summed E-state index contributed by atoms with van der Waals surface area (Å²) in [5.41, 5.74) is 0.682. The lowest BCUT2D eigenvalue weighted by molar-refractivity contribution is 0.455. The van der Waals surface area contributed by atoms with Crippen LogP contribution in [0.3, 0.4) is 0 Å². The van der Waals surface area contributed by atoms with Gasteiger partial charge in [-0.1, -0.05) is 36.4 Å². The zero-order valence-electron chi connectivity index (χ0n) is 13.1. The first-order chi connectivity index (χ1) is 12.3. The number of fused-ring (bicyclic) bond motifs is 1. The molecule has 0 aliphatic carbocycles. The number of hydrogen-bond donors (Lipinski definition) is 0. The van der Waals surface area contributed by atoms with Crippen LogP contribution >= 0.6 is 0 Å². The Morgan fingerprint density at radius 1 is 0.800 bits per heavy atom. The van der Waals surface area contributed by atoms with E-state index in [1.807, 2.05) is 54.6 Å². The number of aromatic nitrogens is 3. The van der Waals surface area contributed by atoms with Crippen molar-refractivity contribution < 1.29 is 8.95 Å². The van der Waals surface area contributed by atoms with Crippen LogP contribution in [0.4, 0.5) is 0 Å². The number of rotatable bonds is 4. The van der Waals surface area contributed by atoms with E-state index in [2.05, 4.69) is 15.0 Å². The van der Waals surface area contributed by atoms with Crippen molar-refractivity contribution in [3.05, 3.63) is 79.1 Å². The van der Waals surface area contributed by atoms with Crippen molar-refractivity contribution in [1.82, 2.24) is 15.0 Å². The molecule has 5 nitrogen and oxygen atoms in total. The Bertz CT molecular complexity index is 1050. The van der Waals surface area contributed by atoms with Gasteiger partial charge in [-0.05, 0) is 24.3 Å². The normalized spacial score (nSPS) is 12.0. The Kier molecular flexibility index (Phi) is 4.18. The predicted octanol–water partition coefficient (Wildman–Crippen LogP) is 3.98. The van der Waals surface area contributed by atoms with Gasteiger partial charge in [0.05, 0.1) is 10.4 Å². The van der Waals surface area contributed by atoms with Crippen molar-refractivity contribution >= 4 is 21.7 Å². The second-order valence-corrected chi connectivity index (χ2v) is 6.53. The van der Waals surface area contributed by atoms with Crippen molar-refractivity contribution in [1.29, 1.82) is 0 Å². The van der Waals surface area contributed by atoms with Crippen LogP contribution in [0.15, 0.2) is 89.2 Å². The standard InChI is InChI=1S/C19H13N3O2S/c23-25(16-10-4-6-14-7-5-12-20-18(14)16)19-21-13-11-17(22-19)24-15-8-2-1-3-9-15/h1-13H. The second-order valence-electron chi connectivity index (χ2n) is 5.19. The van der Waals surface area contributed by atoms with Gasteiger partial charge in [-0.25, -0.2) is 9.19 Å². The van der Waals surface area contributed by atoms with Crippen LogP contribution < -0.4 is 4.74 Å². The Hall–Kier alpha value is -3.12. The van der Waals surface area contributed by atoms with Crippen LogP contribution in [0.1, 0.15) is 0 Å². The lowest BCUT2D eigenvalue weighted by atomic mass is 10.2. The van der Waals surface area contributed by atoms with E-state index in [1.165, 1.54) is 6.20 Å². The first-order valence-electron chi connectivity index (χ1n) is 7.63. The first-order valence-corrected chi connectivity index (χ1v) is 8.78. The number of para-hydroxylation sites is 2. The third-order valence-electron chi connectivity index (χ3n) is 3.53. The van der Waals surface area contributed by atoms with Gasteiger partial charge in [0.15, 0.2) is 0 Å². The molecule has 122 valence electrons. The largest absolute Gasteiger partial charge is 0.439 e. The Morgan fingerprint density at radius 2 is 1.64 bits per heavy atom. The fraction of sp³-hybridized carbons (Fsp3) is 0. The SMILES string of the molecule is O=S(c1nccc(Oc2ccccc2)n1)c1cccc2cccnc12. The zero-order chi connectivity index (χ0) is 17.1. The minimum Gasteiger partial charge on any atom is -0.439 e. The van der Waals surface area contributed by atoms with Gasteiger partial charge in [0, 0.05) is 23.8 Å². The molecule has 0 N–H and O–H groups in total. The molecule has 1 atom stereocenters. The highest BCUT2D eigenvalue weighted by atomic mass is 32.2. The Balaban J connectivity index is 1.69. The highest BCUT2D eigenvalue weighted by Gasteiger charge is 2.15. The molecule has 0 amide bonds. The second kappa shape index (κ2) is 6.78. The number of nitrogens with zero attached hydrogens (tertiary/aromatic N) is 3. The molecule has 2 aromatic heterocycles. The highest BCUT2D eigenvalue weighted by Crippen LogP contribution is 2.24. The number of benzene rings is 2. The molecule has 0 saturated heterocycles. The summed E-state index contributed by atoms with van der Waals surface area (Å²) >= 11 is 0. The summed E-state index contributed by atoms with van der Waals surface area (Å²) in [6, 6.07) is 20.3. The summed E-state index contributed by atoms with van der Waals surface area (Å²) in [6.45, 7) is 0. The van der Waals surface area contributed by atoms with Crippen LogP contribution in [-0.4, -0.2) is 19.2 Å². The van der Waals surface area contributed by atoms with E-state index in [-0.39, 0.29) is 5.16 Å². The Morgan fingerprint density at radius 3 is 2.52 bits per heavy atom. The molecule has 2 heterocycles. The lowest BCUT2D eigenvalue weighted by Gasteiger charge is -2.07. The van der Waals surface area contributed by atoms with Gasteiger partial charge in [0.2, 0.25) is 11.0 Å². The lowest BCUT2D eigenvalue weighted by Crippen LogP contribution is -2.02. The van der Waals surface area contributed by atoms with Gasteiger partial charge in [0.1, 0.15) is 16.5 Å². The highest BCUT2D eigenvalue weighted by molar-refractivity contribution is 7.85. The van der Waals surface area contributed by atoms with Gasteiger partial charge in [-0.2, -0.15) is 4.98 Å². The maximum atomic E-state index is 13.0. The van der Waals surface area contributed by atoms with Crippen molar-refractivity contribution in [3.8, 4) is 11.6 Å². The van der Waals surface area contributed by atoms with Gasteiger partial charge in [-0.3, -0.25) is 4.98 Å². The summed E-state index contributed by atoms with van der Waals surface area (Å²) in [5, 5.41) is 1.11. The average molecular weight is 347 g/mol. The summed E-state index contributed by atoms with van der Waals surface area (Å²) in [4.78, 5) is 13.4. The zero-order valence-corrected chi connectivity index (χ0v) is 13.9. The van der Waals surface area contributed by atoms with Crippen molar-refractivity contribution in [2.24, 2.45) is 0 Å². The molecule has 0 aliphatic rings. The topological polar surface area (TPSA) is 65.0 Å². The first kappa shape index (κ1) is 15.4. The molecular weight excluding hydrogens is 334 g/mol. The minimum absolute atomic E-state index is 0.187. The van der Waals surface area contributed by atoms with Crippen LogP contribution in [-0.2, 0) is 10.8 Å². The maximum absolute atomic E-state index is 13.0. The molecule has 0 radical (unpaired) electrons. The molecule has 6 heteroatoms. The third kappa shape index (κ3) is 3.25. The molecule has 0 saturated carbocycles. The molecule has 0 aliphatic heterocycles. The third-order valence-corrected chi connectivity index (χ3v) is 4.79. The quantitative estimate of drug-likeness (QED) is 0.522. The van der Waals surface area contributed by atoms with E-state index in [0.717, 1.165) is 5.39 Å². The Labute approximate surface area is 146 Å². The van der Waals surface area contributed by atoms with E-state index >= 15 is 0 Å². The molecule has 0 fully saturated rings. The smallest absolute Gasteiger partial charge is 0.226 e. The number of ether oxygens (including phenoxy) is 1. The summed E-state index contributed by atoms with van der Waals surface area (Å²) < 4.78 is 18.6. The monoisotopic (exact) mass is 347 g/mol. The fourth-order valence-electron chi connectivity index (χ4n) is 2.40. The van der Waals surface area contributed by atoms with E-state index in [9.17, 15) is 4.21 Å². The molecule has 0 bridgehead atoms.